The Labute approximate surface area is 917 Å². The topological polar surface area (TPSA) is 566 Å². The van der Waals surface area contributed by atoms with Crippen LogP contribution in [0.1, 0.15) is 167 Å². The Morgan fingerprint density at radius 2 is 0.615 bits per heavy atom. The summed E-state index contributed by atoms with van der Waals surface area (Å²) in [6.45, 7) is -2.89. The largest absolute Gasteiger partial charge is 0.748 e. The van der Waals surface area contributed by atoms with E-state index in [-0.39, 0.29) is 80.2 Å². The molecule has 10 aliphatic carbocycles. The lowest BCUT2D eigenvalue weighted by Gasteiger charge is -2.55. The van der Waals surface area contributed by atoms with Gasteiger partial charge in [0, 0.05) is 29.7 Å². The molecule has 8 fully saturated rings. The molecule has 0 radical (unpaired) electrons. The third-order valence-electron chi connectivity index (χ3n) is 25.7. The molecule has 36 nitrogen and oxygen atoms in total. The molecule has 0 aliphatic heterocycles. The second-order valence-corrected chi connectivity index (χ2v) is 49.9. The summed E-state index contributed by atoms with van der Waals surface area (Å²) < 4.78 is 216. The van der Waals surface area contributed by atoms with Gasteiger partial charge in [0.2, 0.25) is 0 Å². The molecule has 148 heavy (non-hydrogen) atoms. The lowest BCUT2D eigenvalue weighted by molar-refractivity contribution is -0.167. The molecule has 8 bridgehead atoms. The Balaban J connectivity index is 0.000000146. The predicted molar refractivity (Wildman–Crippen MR) is 565 cm³/mol. The van der Waals surface area contributed by atoms with E-state index in [9.17, 15) is 118 Å². The minimum Gasteiger partial charge on any atom is -0.748 e. The van der Waals surface area contributed by atoms with E-state index in [2.05, 4.69) is 22.6 Å². The molecule has 10 aromatic carbocycles. The van der Waals surface area contributed by atoms with E-state index in [1.54, 1.807) is 66.7 Å². The number of ether oxygens (including phenoxy) is 10. The van der Waals surface area contributed by atoms with Crippen LogP contribution >= 0.6 is 113 Å². The van der Waals surface area contributed by atoms with Gasteiger partial charge < -0.3 is 70.1 Å². The highest BCUT2D eigenvalue weighted by Gasteiger charge is 2.60. The van der Waals surface area contributed by atoms with Crippen molar-refractivity contribution in [3.05, 3.63) is 286 Å². The smallest absolute Gasteiger partial charge is 0.344 e. The van der Waals surface area contributed by atoms with Crippen molar-refractivity contribution in [1.29, 1.82) is 0 Å². The average Bonchev–Trinajstić information content (AvgIpc) is 0.948. The SMILES string of the molecule is O=C(OCCS(=O)(=O)[O-])c1ccc(I)cc1OC(=O)C12CC3CC(C1)C(=O)C(C3)C2.O=C(OCCS(=O)(=O)[O-])c1ccc(I)cc1OC(=O)C12CC3CC(CC(C3)C1)C2.O=C(OCCS(=O)(=O)[O-])c1ccc(I)cc1OC(=O)C1C=Cc2ccccc21.O=C(OCCS(=O)(=O)[O-])c1ccc(I)cc1OC(=O)C1c2ccccc2-c2ccccc21.O=C(OCCS(=O)(=O)[O-])c1ccc(I)cc1OC(=O)c1cccc2ccccc12. The molecule has 0 heterocycles. The zero-order valence-corrected chi connectivity index (χ0v) is 92.3. The Morgan fingerprint density at radius 1 is 0.311 bits per heavy atom. The molecule has 0 saturated heterocycles. The van der Waals surface area contributed by atoms with Gasteiger partial charge in [0.25, 0.3) is 0 Å². The van der Waals surface area contributed by atoms with Gasteiger partial charge in [-0.25, -0.2) is 70.9 Å². The molecule has 10 aliphatic rings. The maximum atomic E-state index is 13.3. The number of benzene rings is 10. The second-order valence-electron chi connectivity index (χ2n) is 36.0. The molecule has 10 aromatic rings. The number of ketones is 1. The fourth-order valence-corrected chi connectivity index (χ4v) is 23.6. The number of hydrogen-bond donors (Lipinski definition) is 0. The molecule has 3 atom stereocenters. The van der Waals surface area contributed by atoms with E-state index >= 15 is 0 Å². The molecule has 20 rings (SSSR count). The number of rotatable bonds is 30. The summed E-state index contributed by atoms with van der Waals surface area (Å²) in [5.74, 6) is -9.91. The zero-order chi connectivity index (χ0) is 107. The molecular weight excluding hydrogens is 2600 g/mol. The summed E-state index contributed by atoms with van der Waals surface area (Å²) in [6, 6.07) is 58.0. The molecular formula is C102H86I5O36S5-5. The van der Waals surface area contributed by atoms with Gasteiger partial charge in [-0.1, -0.05) is 121 Å². The van der Waals surface area contributed by atoms with Crippen LogP contribution in [-0.2, 0) is 98.2 Å². The molecule has 3 unspecified atom stereocenters. The first-order chi connectivity index (χ1) is 69.9. The summed E-state index contributed by atoms with van der Waals surface area (Å²) in [4.78, 5) is 139. The van der Waals surface area contributed by atoms with Gasteiger partial charge in [-0.3, -0.25) is 24.0 Å². The summed E-state index contributed by atoms with van der Waals surface area (Å²) >= 11 is 10.1. The third-order valence-corrected chi connectivity index (χ3v) is 32.4. The van der Waals surface area contributed by atoms with Gasteiger partial charge in [0.15, 0.2) is 0 Å². The molecule has 0 N–H and O–H groups in total. The van der Waals surface area contributed by atoms with Crippen molar-refractivity contribution >= 4 is 246 Å². The maximum Gasteiger partial charge on any atom is 0.344 e. The average molecular weight is 2680 g/mol. The number of halogens is 5. The van der Waals surface area contributed by atoms with Gasteiger partial charge in [-0.05, 0) is 348 Å². The van der Waals surface area contributed by atoms with E-state index in [4.69, 9.17) is 47.4 Å². The van der Waals surface area contributed by atoms with E-state index in [0.717, 1.165) is 85.2 Å². The van der Waals surface area contributed by atoms with Crippen LogP contribution in [0.2, 0.25) is 0 Å². The number of fused-ring (bicyclic) bond motifs is 5. The van der Waals surface area contributed by atoms with Crippen LogP contribution in [0.3, 0.4) is 0 Å². The first-order valence-corrected chi connectivity index (χ1v) is 58.8. The highest BCUT2D eigenvalue weighted by molar-refractivity contribution is 14.1. The minimum atomic E-state index is -4.52. The van der Waals surface area contributed by atoms with Crippen LogP contribution in [0.4, 0.5) is 0 Å². The van der Waals surface area contributed by atoms with Gasteiger partial charge in [-0.2, -0.15) is 0 Å². The molecule has 0 aromatic heterocycles. The van der Waals surface area contributed by atoms with Crippen molar-refractivity contribution in [2.24, 2.45) is 46.3 Å². The van der Waals surface area contributed by atoms with Gasteiger partial charge in [-0.15, -0.1) is 0 Å². The summed E-state index contributed by atoms with van der Waals surface area (Å²) in [5, 5.41) is 1.57. The summed E-state index contributed by atoms with van der Waals surface area (Å²) in [7, 11) is -22.5. The molecule has 46 heteroatoms. The number of carbonyl (C=O) groups excluding carboxylic acids is 11. The Bertz CT molecular complexity index is 7460. The Hall–Kier alpha value is -10.2. The lowest BCUT2D eigenvalue weighted by atomic mass is 9.49. The second kappa shape index (κ2) is 48.6. The molecule has 8 saturated carbocycles. The number of carbonyl (C=O) groups is 11. The van der Waals surface area contributed by atoms with E-state index in [1.165, 1.54) is 73.9 Å². The van der Waals surface area contributed by atoms with Crippen molar-refractivity contribution in [2.45, 2.75) is 82.5 Å². The maximum absolute atomic E-state index is 13.3. The fraction of sp³-hybridized carbons (Fsp3) is 0.304. The summed E-state index contributed by atoms with van der Waals surface area (Å²) in [5.41, 5.74) is 4.32. The van der Waals surface area contributed by atoms with Gasteiger partial charge in [0.05, 0.1) is 95.7 Å². The van der Waals surface area contributed by atoms with Crippen LogP contribution in [0.15, 0.2) is 212 Å². The molecule has 780 valence electrons. The van der Waals surface area contributed by atoms with Crippen LogP contribution < -0.4 is 23.7 Å². The first-order valence-electron chi connectivity index (χ1n) is 45.5. The van der Waals surface area contributed by atoms with Crippen LogP contribution in [0.5, 0.6) is 28.7 Å². The standard InChI is InChI=1S/C23H17IO7S.C20H21IO8S.C20H23IO7S.C20H15IO7S.C19H15IO7S/c24-14-9-10-19(22(25)30-11-12-32(27,28)29)20(13-14)31-23(26)21-17-7-3-1-5-15(17)16-6-2-4-8-18(16)21;21-14-1-2-15(18(23)28-3-4-30(25,26)27)16(7-14)29-19(24)20-8-11-5-12(9-20)17(22)13(6-11)10-20;21-15-1-2-16(18(22)27-3-4-29(24,25)26)17(8-15)28-19(23)20-9-12-5-13(10-20)7-14(6-12)11-20;21-14-8-9-17(19(22)27-10-11-29(24,25)26)18(12-14)28-20(23)16-7-3-5-13-4-1-2-6-15(13)16;20-13-6-8-16(18(21)26-9-10-28(23,24)25)17(11-13)27-19(22)15-7-5-12-3-1-2-4-14(12)15/h1-10,13,21H,11-12H2,(H,27,28,29);1-2,7,11-13H,3-6,8-10H2,(H,25,26,27);1-2,8,12-14H,3-7,9-11H2,(H,24,25,26);1-9,12H,10-11H2,(H,24,25,26);1-8,11,15H,9-10H2,(H,23,24,25)/p-5. The number of esters is 10. The predicted octanol–water partition coefficient (Wildman–Crippen LogP) is 15.2. The Kier molecular flexibility index (Phi) is 37.2. The van der Waals surface area contributed by atoms with Crippen molar-refractivity contribution < 1.29 is 165 Å². The number of Topliss-reactive ketones (excluding diaryl/α,β-unsaturated/α-hetero) is 1. The van der Waals surface area contributed by atoms with Crippen molar-refractivity contribution in [3.63, 3.8) is 0 Å². The molecule has 0 spiro atoms. The third kappa shape index (κ3) is 30.0. The van der Waals surface area contributed by atoms with Crippen molar-refractivity contribution in [1.82, 2.24) is 0 Å². The normalized spacial score (nSPS) is 19.7. The quantitative estimate of drug-likeness (QED) is 0.0133. The van der Waals surface area contributed by atoms with Crippen LogP contribution in [-0.4, -0.2) is 192 Å². The first kappa shape index (κ1) is 113. The molecule has 0 amide bonds. The van der Waals surface area contributed by atoms with Crippen molar-refractivity contribution in [2.75, 3.05) is 61.8 Å². The van der Waals surface area contributed by atoms with E-state index in [1.807, 2.05) is 187 Å². The van der Waals surface area contributed by atoms with Crippen molar-refractivity contribution in [3.8, 4) is 39.9 Å². The van der Waals surface area contributed by atoms with Gasteiger partial charge >= 0.3 is 59.7 Å². The minimum absolute atomic E-state index is 0.00116. The highest BCUT2D eigenvalue weighted by Crippen LogP contribution is 2.62. The van der Waals surface area contributed by atoms with E-state index in [0.29, 0.717) is 57.5 Å². The fourth-order valence-electron chi connectivity index (χ4n) is 19.9. The van der Waals surface area contributed by atoms with Gasteiger partial charge in [0.1, 0.15) is 107 Å². The number of hydrogen-bond acceptors (Lipinski definition) is 36. The zero-order valence-electron chi connectivity index (χ0n) is 77.4. The highest BCUT2D eigenvalue weighted by atomic mass is 127. The van der Waals surface area contributed by atoms with Crippen LogP contribution in [0.25, 0.3) is 28.0 Å². The Morgan fingerprint density at radius 3 is 0.986 bits per heavy atom. The van der Waals surface area contributed by atoms with Crippen LogP contribution in [0, 0.1) is 64.2 Å². The monoisotopic (exact) mass is 2680 g/mol. The lowest BCUT2D eigenvalue weighted by Crippen LogP contribution is -2.55. The van der Waals surface area contributed by atoms with E-state index < -0.39 is 189 Å². The summed E-state index contributed by atoms with van der Waals surface area (Å²) in [6.07, 6.45) is 13.1.